The number of benzene rings is 1. The Morgan fingerprint density at radius 3 is 2.68 bits per heavy atom. The number of hydrogen-bond acceptors (Lipinski definition) is 1. The van der Waals surface area contributed by atoms with E-state index in [4.69, 9.17) is 0 Å². The maximum Gasteiger partial charge on any atom is 0.0469 e. The molecule has 0 radical (unpaired) electrons. The van der Waals surface area contributed by atoms with Gasteiger partial charge in [-0.05, 0) is 51.8 Å². The summed E-state index contributed by atoms with van der Waals surface area (Å²) in [5, 5.41) is 1.20. The third-order valence-electron chi connectivity index (χ3n) is 2.79. The zero-order valence-corrected chi connectivity index (χ0v) is 13.1. The number of nitrogens with zero attached hydrogens (tertiary/aromatic N) is 1. The third-order valence-corrected chi connectivity index (χ3v) is 3.71. The normalized spacial score (nSPS) is 11.5. The van der Waals surface area contributed by atoms with Crippen molar-refractivity contribution in [2.45, 2.75) is 0 Å². The number of nitrogens with one attached hydrogen (secondary N) is 1. The van der Waals surface area contributed by atoms with Gasteiger partial charge in [-0.3, -0.25) is 4.98 Å². The summed E-state index contributed by atoms with van der Waals surface area (Å²) >= 11 is 6.89. The molecule has 2 aromatic heterocycles. The summed E-state index contributed by atoms with van der Waals surface area (Å²) in [5.74, 6) is 0. The van der Waals surface area contributed by atoms with E-state index in [1.54, 1.807) is 6.20 Å². The first-order valence-electron chi connectivity index (χ1n) is 5.78. The molecule has 0 saturated heterocycles. The van der Waals surface area contributed by atoms with Crippen LogP contribution in [-0.2, 0) is 0 Å². The van der Waals surface area contributed by atoms with Gasteiger partial charge in [-0.2, -0.15) is 0 Å². The number of fused-ring (bicyclic) bond motifs is 1. The van der Waals surface area contributed by atoms with Crippen LogP contribution in [0.1, 0.15) is 11.3 Å². The van der Waals surface area contributed by atoms with Crippen LogP contribution in [0.4, 0.5) is 0 Å². The monoisotopic (exact) mass is 376 g/mol. The third kappa shape index (κ3) is 2.96. The van der Waals surface area contributed by atoms with Crippen molar-refractivity contribution in [3.8, 4) is 0 Å². The largest absolute Gasteiger partial charge is 0.355 e. The lowest BCUT2D eigenvalue weighted by Crippen LogP contribution is -1.76. The molecule has 3 rings (SSSR count). The molecule has 0 aliphatic heterocycles. The Morgan fingerprint density at radius 2 is 1.84 bits per heavy atom. The van der Waals surface area contributed by atoms with Crippen molar-refractivity contribution < 1.29 is 0 Å². The standard InChI is InChI=1S/C15H10Br2N2/c16-12-3-2-11-6-14(19-15(11)7-12)4-1-10-5-13(17)9-18-8-10/h1-9,19H/b4-1+. The van der Waals surface area contributed by atoms with Crippen LogP contribution in [0.3, 0.4) is 0 Å². The molecule has 3 aromatic rings. The van der Waals surface area contributed by atoms with Crippen molar-refractivity contribution in [2.24, 2.45) is 0 Å². The van der Waals surface area contributed by atoms with E-state index in [0.717, 1.165) is 25.7 Å². The molecule has 0 atom stereocenters. The molecule has 4 heteroatoms. The number of halogens is 2. The van der Waals surface area contributed by atoms with Gasteiger partial charge in [-0.1, -0.05) is 28.1 Å². The predicted octanol–water partition coefficient (Wildman–Crippen LogP) is 5.26. The summed E-state index contributed by atoms with van der Waals surface area (Å²) < 4.78 is 2.06. The van der Waals surface area contributed by atoms with E-state index in [-0.39, 0.29) is 0 Å². The van der Waals surface area contributed by atoms with Crippen molar-refractivity contribution in [2.75, 3.05) is 0 Å². The first kappa shape index (κ1) is 12.6. The van der Waals surface area contributed by atoms with Crippen LogP contribution in [0.2, 0.25) is 0 Å². The fourth-order valence-corrected chi connectivity index (χ4v) is 2.66. The van der Waals surface area contributed by atoms with Gasteiger partial charge in [0.1, 0.15) is 0 Å². The van der Waals surface area contributed by atoms with E-state index in [1.807, 2.05) is 24.4 Å². The molecule has 94 valence electrons. The Hall–Kier alpha value is -1.39. The summed E-state index contributed by atoms with van der Waals surface area (Å²) in [6, 6.07) is 10.4. The Bertz CT molecular complexity index is 760. The van der Waals surface area contributed by atoms with Gasteiger partial charge in [0, 0.05) is 37.9 Å². The maximum absolute atomic E-state index is 4.14. The van der Waals surface area contributed by atoms with E-state index < -0.39 is 0 Å². The van der Waals surface area contributed by atoms with Gasteiger partial charge in [0.25, 0.3) is 0 Å². The number of pyridine rings is 1. The number of H-pyrrole nitrogens is 1. The van der Waals surface area contributed by atoms with Crippen LogP contribution in [0.5, 0.6) is 0 Å². The molecule has 0 amide bonds. The number of aromatic amines is 1. The second-order valence-electron chi connectivity index (χ2n) is 4.23. The number of aromatic nitrogens is 2. The molecule has 0 aliphatic carbocycles. The molecule has 19 heavy (non-hydrogen) atoms. The summed E-state index contributed by atoms with van der Waals surface area (Å²) in [5.41, 5.74) is 3.27. The van der Waals surface area contributed by atoms with E-state index in [9.17, 15) is 0 Å². The minimum atomic E-state index is 0.982. The Labute approximate surface area is 127 Å². The van der Waals surface area contributed by atoms with E-state index in [0.29, 0.717) is 0 Å². The molecular weight excluding hydrogens is 368 g/mol. The van der Waals surface area contributed by atoms with Gasteiger partial charge in [0.15, 0.2) is 0 Å². The minimum absolute atomic E-state index is 0.982. The number of hydrogen-bond donors (Lipinski definition) is 1. The van der Waals surface area contributed by atoms with E-state index in [2.05, 4.69) is 66.1 Å². The predicted molar refractivity (Wildman–Crippen MR) is 86.9 cm³/mol. The molecule has 1 N–H and O–H groups in total. The lowest BCUT2D eigenvalue weighted by Gasteiger charge is -1.93. The van der Waals surface area contributed by atoms with Crippen molar-refractivity contribution in [1.82, 2.24) is 9.97 Å². The SMILES string of the molecule is Brc1cncc(/C=C/c2cc3ccc(Br)cc3[nH]2)c1. The number of rotatable bonds is 2. The first-order chi connectivity index (χ1) is 9.20. The molecule has 0 aliphatic rings. The zero-order chi connectivity index (χ0) is 13.2. The van der Waals surface area contributed by atoms with Crippen LogP contribution in [0, 0.1) is 0 Å². The molecular formula is C15H10Br2N2. The van der Waals surface area contributed by atoms with Crippen LogP contribution in [-0.4, -0.2) is 9.97 Å². The second-order valence-corrected chi connectivity index (χ2v) is 6.06. The molecule has 0 unspecified atom stereocenters. The van der Waals surface area contributed by atoms with Crippen molar-refractivity contribution in [1.29, 1.82) is 0 Å². The Morgan fingerprint density at radius 1 is 0.947 bits per heavy atom. The topological polar surface area (TPSA) is 28.7 Å². The van der Waals surface area contributed by atoms with Gasteiger partial charge in [-0.25, -0.2) is 0 Å². The smallest absolute Gasteiger partial charge is 0.0469 e. The Balaban J connectivity index is 1.92. The summed E-state index contributed by atoms with van der Waals surface area (Å²) in [4.78, 5) is 7.51. The molecule has 0 saturated carbocycles. The molecule has 0 bridgehead atoms. The van der Waals surface area contributed by atoms with E-state index >= 15 is 0 Å². The minimum Gasteiger partial charge on any atom is -0.355 e. The van der Waals surface area contributed by atoms with Gasteiger partial charge in [-0.15, -0.1) is 0 Å². The van der Waals surface area contributed by atoms with Crippen LogP contribution in [0.15, 0.2) is 51.7 Å². The highest BCUT2D eigenvalue weighted by Gasteiger charge is 1.98. The van der Waals surface area contributed by atoms with Gasteiger partial charge in [0.05, 0.1) is 0 Å². The van der Waals surface area contributed by atoms with Crippen LogP contribution in [0.25, 0.3) is 23.1 Å². The average Bonchev–Trinajstić information content (AvgIpc) is 2.78. The highest BCUT2D eigenvalue weighted by Crippen LogP contribution is 2.21. The highest BCUT2D eigenvalue weighted by atomic mass is 79.9. The first-order valence-corrected chi connectivity index (χ1v) is 7.36. The average molecular weight is 378 g/mol. The molecule has 1 aromatic carbocycles. The van der Waals surface area contributed by atoms with Crippen molar-refractivity contribution in [3.05, 3.63) is 62.9 Å². The molecule has 0 fully saturated rings. The van der Waals surface area contributed by atoms with Crippen LogP contribution >= 0.6 is 31.9 Å². The fourth-order valence-electron chi connectivity index (χ4n) is 1.92. The van der Waals surface area contributed by atoms with Gasteiger partial charge < -0.3 is 4.98 Å². The lowest BCUT2D eigenvalue weighted by atomic mass is 10.2. The molecule has 2 nitrogen and oxygen atoms in total. The van der Waals surface area contributed by atoms with Crippen molar-refractivity contribution >= 4 is 54.9 Å². The highest BCUT2D eigenvalue weighted by molar-refractivity contribution is 9.10. The molecule has 0 spiro atoms. The zero-order valence-electron chi connectivity index (χ0n) is 9.90. The maximum atomic E-state index is 4.14. The fraction of sp³-hybridized carbons (Fsp3) is 0. The van der Waals surface area contributed by atoms with Gasteiger partial charge in [0.2, 0.25) is 0 Å². The summed E-state index contributed by atoms with van der Waals surface area (Å²) in [6.45, 7) is 0. The van der Waals surface area contributed by atoms with Crippen LogP contribution < -0.4 is 0 Å². The Kier molecular flexibility index (Phi) is 3.53. The quantitative estimate of drug-likeness (QED) is 0.648. The molecule has 2 heterocycles. The lowest BCUT2D eigenvalue weighted by molar-refractivity contribution is 1.30. The van der Waals surface area contributed by atoms with E-state index in [1.165, 1.54) is 5.39 Å². The van der Waals surface area contributed by atoms with Gasteiger partial charge >= 0.3 is 0 Å². The van der Waals surface area contributed by atoms with Crippen molar-refractivity contribution in [3.63, 3.8) is 0 Å². The summed E-state index contributed by atoms with van der Waals surface area (Å²) in [6.07, 6.45) is 7.70. The summed E-state index contributed by atoms with van der Waals surface area (Å²) in [7, 11) is 0. The second kappa shape index (κ2) is 5.31.